The largest absolute Gasteiger partial charge is 0.493 e. The molecule has 1 aliphatic heterocycles. The number of hydrogen-bond acceptors (Lipinski definition) is 8. The Hall–Kier alpha value is -4.02. The monoisotopic (exact) mass is 569 g/mol. The lowest BCUT2D eigenvalue weighted by atomic mass is 9.84. The van der Waals surface area contributed by atoms with Gasteiger partial charge in [-0.25, -0.2) is 9.67 Å². The molecule has 0 saturated heterocycles. The number of carboxylic acids is 1. The summed E-state index contributed by atoms with van der Waals surface area (Å²) < 4.78 is 9.33. The maximum Gasteiger partial charge on any atom is 0.304 e. The van der Waals surface area contributed by atoms with Gasteiger partial charge in [-0.3, -0.25) is 9.69 Å². The summed E-state index contributed by atoms with van der Waals surface area (Å²) >= 11 is 1.70. The van der Waals surface area contributed by atoms with Gasteiger partial charge in [0, 0.05) is 43.4 Å². The fourth-order valence-corrected chi connectivity index (χ4v) is 7.10. The third kappa shape index (κ3) is 4.91. The summed E-state index contributed by atoms with van der Waals surface area (Å²) in [5.41, 5.74) is 6.48. The fraction of sp³-hybridized carbons (Fsp3) is 0.355. The van der Waals surface area contributed by atoms with E-state index in [1.54, 1.807) is 22.1 Å². The minimum Gasteiger partial charge on any atom is -0.493 e. The molecule has 41 heavy (non-hydrogen) atoms. The van der Waals surface area contributed by atoms with Gasteiger partial charge in [-0.1, -0.05) is 17.3 Å². The van der Waals surface area contributed by atoms with Crippen LogP contribution in [0.25, 0.3) is 21.1 Å². The highest BCUT2D eigenvalue weighted by Crippen LogP contribution is 2.40. The summed E-state index contributed by atoms with van der Waals surface area (Å²) in [5, 5.41) is 31.8. The van der Waals surface area contributed by atoms with E-state index >= 15 is 0 Å². The van der Waals surface area contributed by atoms with Crippen molar-refractivity contribution < 1.29 is 19.7 Å². The maximum absolute atomic E-state index is 12.2. The minimum atomic E-state index is -0.847. The van der Waals surface area contributed by atoms with Gasteiger partial charge < -0.3 is 14.9 Å². The van der Waals surface area contributed by atoms with Crippen molar-refractivity contribution >= 4 is 38.4 Å². The quantitative estimate of drug-likeness (QED) is 0.269. The van der Waals surface area contributed by atoms with Crippen molar-refractivity contribution in [3.8, 4) is 11.6 Å². The van der Waals surface area contributed by atoms with E-state index in [4.69, 9.17) is 4.74 Å². The van der Waals surface area contributed by atoms with Crippen LogP contribution < -0.4 is 4.74 Å². The van der Waals surface area contributed by atoms with Crippen LogP contribution in [-0.4, -0.2) is 53.7 Å². The Balaban J connectivity index is 1.29. The molecule has 10 heteroatoms. The minimum absolute atomic E-state index is 0.00762. The van der Waals surface area contributed by atoms with Crippen LogP contribution in [-0.2, 0) is 24.9 Å². The van der Waals surface area contributed by atoms with Crippen LogP contribution in [0.3, 0.4) is 0 Å². The molecule has 0 bridgehead atoms. The lowest BCUT2D eigenvalue weighted by molar-refractivity contribution is -0.137. The molecule has 0 radical (unpaired) electrons. The molecular weight excluding hydrogens is 538 g/mol. The molecule has 7 rings (SSSR count). The Kier molecular flexibility index (Phi) is 6.39. The second-order valence-corrected chi connectivity index (χ2v) is 12.2. The first kappa shape index (κ1) is 25.9. The summed E-state index contributed by atoms with van der Waals surface area (Å²) in [4.78, 5) is 18.9. The zero-order valence-corrected chi connectivity index (χ0v) is 23.8. The summed E-state index contributed by atoms with van der Waals surface area (Å²) in [5.74, 6) is 0.0812. The maximum atomic E-state index is 12.2. The number of aromatic hydroxyl groups is 1. The summed E-state index contributed by atoms with van der Waals surface area (Å²) in [6.45, 7) is 3.99. The number of carboxylic acid groups (broad SMARTS) is 1. The molecule has 2 N–H and O–H groups in total. The van der Waals surface area contributed by atoms with Crippen LogP contribution in [0.2, 0.25) is 0 Å². The van der Waals surface area contributed by atoms with E-state index in [9.17, 15) is 15.0 Å². The first-order valence-corrected chi connectivity index (χ1v) is 14.8. The number of hydrogen-bond donors (Lipinski definition) is 2. The van der Waals surface area contributed by atoms with E-state index in [-0.39, 0.29) is 24.3 Å². The molecule has 3 aromatic heterocycles. The van der Waals surface area contributed by atoms with Crippen molar-refractivity contribution in [2.24, 2.45) is 13.0 Å². The van der Waals surface area contributed by atoms with Crippen molar-refractivity contribution in [1.29, 1.82) is 0 Å². The number of aromatic nitrogens is 4. The zero-order chi connectivity index (χ0) is 28.2. The standard InChI is InChI=1S/C31H31N5O4S/c1-17-22(5-6-25-30(17)33-34-35(25)2)23(13-29(38)39)20-11-19-9-10-41-31(19)21(12-20)14-36-15-24-26(7-8-28(37)32-24)40-27(16-36)18-3-4-18/h5-12,18,23,27H,3-4,13-16H2,1-2H3,(H,32,37)(H,38,39)/t23?,27-/m0/s1. The number of pyridine rings is 1. The van der Waals surface area contributed by atoms with Gasteiger partial charge in [0.15, 0.2) is 0 Å². The van der Waals surface area contributed by atoms with E-state index in [0.29, 0.717) is 19.0 Å². The second kappa shape index (κ2) is 10.1. The molecule has 0 amide bonds. The van der Waals surface area contributed by atoms with Gasteiger partial charge in [-0.15, -0.1) is 16.4 Å². The van der Waals surface area contributed by atoms with Crippen LogP contribution in [0.4, 0.5) is 0 Å². The van der Waals surface area contributed by atoms with E-state index in [2.05, 4.69) is 43.8 Å². The van der Waals surface area contributed by atoms with E-state index < -0.39 is 5.97 Å². The number of nitrogens with zero attached hydrogens (tertiary/aromatic N) is 5. The molecule has 5 aromatic rings. The first-order valence-electron chi connectivity index (χ1n) is 13.9. The average molecular weight is 570 g/mol. The van der Waals surface area contributed by atoms with Gasteiger partial charge in [-0.05, 0) is 83.0 Å². The summed E-state index contributed by atoms with van der Waals surface area (Å²) in [6.07, 6.45) is 2.37. The predicted octanol–water partition coefficient (Wildman–Crippen LogP) is 5.37. The highest BCUT2D eigenvalue weighted by molar-refractivity contribution is 7.17. The van der Waals surface area contributed by atoms with Gasteiger partial charge in [0.1, 0.15) is 23.1 Å². The van der Waals surface area contributed by atoms with Crippen LogP contribution in [0.5, 0.6) is 11.6 Å². The Morgan fingerprint density at radius 1 is 1.20 bits per heavy atom. The molecule has 1 unspecified atom stereocenters. The van der Waals surface area contributed by atoms with Gasteiger partial charge in [0.25, 0.3) is 0 Å². The Labute approximate surface area is 241 Å². The topological polar surface area (TPSA) is 114 Å². The SMILES string of the molecule is Cc1c(C(CC(=O)O)c2cc(CN3Cc4nc(O)ccc4O[C@H](C4CC4)C3)c3sccc3c2)ccc2c1nnn2C. The molecule has 1 aliphatic carbocycles. The Morgan fingerprint density at radius 2 is 2.05 bits per heavy atom. The van der Waals surface area contributed by atoms with Crippen LogP contribution >= 0.6 is 11.3 Å². The highest BCUT2D eigenvalue weighted by atomic mass is 32.1. The molecule has 2 aliphatic rings. The number of rotatable bonds is 7. The Bertz CT molecular complexity index is 1790. The molecule has 0 spiro atoms. The number of thiophene rings is 1. The normalized spacial score (nSPS) is 18.2. The van der Waals surface area contributed by atoms with Crippen molar-refractivity contribution in [1.82, 2.24) is 24.9 Å². The van der Waals surface area contributed by atoms with Gasteiger partial charge in [0.2, 0.25) is 5.88 Å². The number of aryl methyl sites for hydroxylation is 2. The van der Waals surface area contributed by atoms with E-state index in [0.717, 1.165) is 69.5 Å². The predicted molar refractivity (Wildman–Crippen MR) is 156 cm³/mol. The fourth-order valence-electron chi connectivity index (χ4n) is 6.21. The third-order valence-electron chi connectivity index (χ3n) is 8.44. The number of aliphatic carboxylic acids is 1. The molecule has 4 heterocycles. The summed E-state index contributed by atoms with van der Waals surface area (Å²) in [7, 11) is 1.86. The molecule has 1 saturated carbocycles. The van der Waals surface area contributed by atoms with Crippen LogP contribution in [0.15, 0.2) is 47.8 Å². The molecule has 1 fully saturated rings. The van der Waals surface area contributed by atoms with Gasteiger partial charge >= 0.3 is 5.97 Å². The lowest BCUT2D eigenvalue weighted by Gasteiger charge is -2.25. The van der Waals surface area contributed by atoms with Gasteiger partial charge in [-0.2, -0.15) is 0 Å². The Morgan fingerprint density at radius 3 is 2.85 bits per heavy atom. The number of carbonyl (C=O) groups is 1. The molecule has 2 aromatic carbocycles. The van der Waals surface area contributed by atoms with E-state index in [1.165, 1.54) is 4.70 Å². The van der Waals surface area contributed by atoms with Crippen molar-refractivity contribution in [3.63, 3.8) is 0 Å². The second-order valence-electron chi connectivity index (χ2n) is 11.3. The number of ether oxygens (including phenoxy) is 1. The zero-order valence-electron chi connectivity index (χ0n) is 22.9. The van der Waals surface area contributed by atoms with Gasteiger partial charge in [0.05, 0.1) is 11.9 Å². The van der Waals surface area contributed by atoms with Crippen molar-refractivity contribution in [2.75, 3.05) is 6.54 Å². The molecule has 210 valence electrons. The smallest absolute Gasteiger partial charge is 0.304 e. The van der Waals surface area contributed by atoms with Crippen molar-refractivity contribution in [3.05, 3.63) is 75.8 Å². The van der Waals surface area contributed by atoms with Crippen LogP contribution in [0.1, 0.15) is 53.1 Å². The highest BCUT2D eigenvalue weighted by Gasteiger charge is 2.37. The molecule has 9 nitrogen and oxygen atoms in total. The van der Waals surface area contributed by atoms with E-state index in [1.807, 2.05) is 32.2 Å². The number of benzene rings is 2. The lowest BCUT2D eigenvalue weighted by Crippen LogP contribution is -2.34. The number of fused-ring (bicyclic) bond motifs is 3. The molecular formula is C31H31N5O4S. The molecule has 2 atom stereocenters. The van der Waals surface area contributed by atoms with Crippen LogP contribution in [0, 0.1) is 12.8 Å². The average Bonchev–Trinajstić information content (AvgIpc) is 3.60. The third-order valence-corrected chi connectivity index (χ3v) is 9.44. The first-order chi connectivity index (χ1) is 19.8. The summed E-state index contributed by atoms with van der Waals surface area (Å²) in [6, 6.07) is 13.8. The van der Waals surface area contributed by atoms with Crippen molar-refractivity contribution in [2.45, 2.75) is 51.3 Å².